The van der Waals surface area contributed by atoms with Crippen molar-refractivity contribution in [2.24, 2.45) is 4.99 Å². The van der Waals surface area contributed by atoms with Crippen molar-refractivity contribution in [3.8, 4) is 0 Å². The van der Waals surface area contributed by atoms with Gasteiger partial charge in [-0.2, -0.15) is 13.9 Å². The predicted octanol–water partition coefficient (Wildman–Crippen LogP) is 6.67. The standard InChI is InChI=1S/C32H30ClF3N8OS/c1-19-2-5-21(6-3-19)38-32(45)42-13-11-41(12-14-42)22-17-26-27(25-8-10-44(40-25)31(35)36)28(23-7-4-20(34)16-24(23)33)39-29(43(26)18-22)30-37-9-15-46-30/h2-10,15-16,22,28,31H,11-14,17-18H2,1H3,(H,38,45)/t22-,28-/m0/s1. The SMILES string of the molecule is Cc1ccc(NC(=O)N2CCN([C@H]3CC4=C(c5ccn(C(F)F)n5)[C@H](c5ccc(F)cc5Cl)N=C(c5nccs5)N4C3)CC2)cc1. The molecule has 0 radical (unpaired) electrons. The average molecular weight is 667 g/mol. The van der Waals surface area contributed by atoms with Crippen molar-refractivity contribution >= 4 is 46.1 Å². The Kier molecular flexibility index (Phi) is 8.30. The van der Waals surface area contributed by atoms with E-state index in [0.717, 1.165) is 16.9 Å². The number of anilines is 1. The molecule has 4 aromatic rings. The first-order valence-corrected chi connectivity index (χ1v) is 16.1. The number of hydrogen-bond donors (Lipinski definition) is 1. The number of benzene rings is 2. The molecule has 2 aromatic carbocycles. The highest BCUT2D eigenvalue weighted by Crippen LogP contribution is 2.47. The lowest BCUT2D eigenvalue weighted by molar-refractivity contribution is 0.0564. The molecule has 0 unspecified atom stereocenters. The number of thiazole rings is 1. The number of aromatic nitrogens is 3. The zero-order valence-corrected chi connectivity index (χ0v) is 26.4. The first-order chi connectivity index (χ1) is 22.2. The maximum Gasteiger partial charge on any atom is 0.333 e. The minimum Gasteiger partial charge on any atom is -0.326 e. The van der Waals surface area contributed by atoms with Crippen LogP contribution in [-0.2, 0) is 0 Å². The monoisotopic (exact) mass is 666 g/mol. The van der Waals surface area contributed by atoms with Crippen molar-refractivity contribution in [2.45, 2.75) is 32.0 Å². The zero-order chi connectivity index (χ0) is 31.9. The van der Waals surface area contributed by atoms with Gasteiger partial charge >= 0.3 is 12.6 Å². The van der Waals surface area contributed by atoms with Gasteiger partial charge in [-0.1, -0.05) is 35.4 Å². The maximum atomic E-state index is 14.1. The van der Waals surface area contributed by atoms with Gasteiger partial charge < -0.3 is 15.1 Å². The molecule has 14 heteroatoms. The Bertz CT molecular complexity index is 1800. The third kappa shape index (κ3) is 5.90. The van der Waals surface area contributed by atoms with Crippen LogP contribution < -0.4 is 5.32 Å². The Morgan fingerprint density at radius 3 is 2.54 bits per heavy atom. The second kappa shape index (κ2) is 12.5. The van der Waals surface area contributed by atoms with Crippen LogP contribution in [0.1, 0.15) is 40.8 Å². The number of nitrogens with zero attached hydrogens (tertiary/aromatic N) is 7. The Morgan fingerprint density at radius 1 is 1.09 bits per heavy atom. The fraction of sp³-hybridized carbons (Fsp3) is 0.312. The van der Waals surface area contributed by atoms with Crippen LogP contribution >= 0.6 is 22.9 Å². The van der Waals surface area contributed by atoms with Crippen molar-refractivity contribution in [2.75, 3.05) is 38.0 Å². The number of hydrogen-bond acceptors (Lipinski definition) is 7. The van der Waals surface area contributed by atoms with Gasteiger partial charge in [-0.25, -0.2) is 18.9 Å². The van der Waals surface area contributed by atoms with Gasteiger partial charge in [0.2, 0.25) is 0 Å². The van der Waals surface area contributed by atoms with E-state index in [2.05, 4.69) is 25.2 Å². The molecular weight excluding hydrogens is 637 g/mol. The molecule has 0 saturated carbocycles. The summed E-state index contributed by atoms with van der Waals surface area (Å²) in [5.74, 6) is 0.158. The van der Waals surface area contributed by atoms with Crippen molar-refractivity contribution < 1.29 is 18.0 Å². The van der Waals surface area contributed by atoms with Gasteiger partial charge in [-0.15, -0.1) is 11.3 Å². The average Bonchev–Trinajstić information content (AvgIpc) is 3.83. The molecule has 46 heavy (non-hydrogen) atoms. The lowest BCUT2D eigenvalue weighted by atomic mass is 9.92. The molecule has 2 amide bonds. The van der Waals surface area contributed by atoms with Gasteiger partial charge in [0.05, 0.1) is 5.69 Å². The van der Waals surface area contributed by atoms with E-state index in [0.29, 0.717) is 71.5 Å². The number of aliphatic imine (C=N–C) groups is 1. The lowest BCUT2D eigenvalue weighted by Crippen LogP contribution is -2.53. The van der Waals surface area contributed by atoms with Gasteiger partial charge in [-0.3, -0.25) is 9.89 Å². The van der Waals surface area contributed by atoms with Crippen molar-refractivity contribution in [1.82, 2.24) is 29.5 Å². The van der Waals surface area contributed by atoms with E-state index in [4.69, 9.17) is 16.6 Å². The highest BCUT2D eigenvalue weighted by atomic mass is 35.5. The number of amides is 2. The van der Waals surface area contributed by atoms with E-state index in [1.165, 1.54) is 29.7 Å². The molecule has 5 heterocycles. The number of amidine groups is 1. The molecule has 7 rings (SSSR count). The largest absolute Gasteiger partial charge is 0.333 e. The summed E-state index contributed by atoms with van der Waals surface area (Å²) in [7, 11) is 0. The van der Waals surface area contributed by atoms with Gasteiger partial charge in [0, 0.05) is 90.5 Å². The molecule has 9 nitrogen and oxygen atoms in total. The molecule has 1 N–H and O–H groups in total. The molecule has 3 aliphatic rings. The summed E-state index contributed by atoms with van der Waals surface area (Å²) in [6.07, 6.45) is 3.54. The molecule has 238 valence electrons. The highest BCUT2D eigenvalue weighted by Gasteiger charge is 2.43. The Hall–Kier alpha value is -4.20. The summed E-state index contributed by atoms with van der Waals surface area (Å²) in [5, 5.41) is 9.97. The van der Waals surface area contributed by atoms with E-state index in [1.54, 1.807) is 18.3 Å². The van der Waals surface area contributed by atoms with Crippen molar-refractivity contribution in [3.05, 3.63) is 105 Å². The van der Waals surface area contributed by atoms with E-state index >= 15 is 0 Å². The van der Waals surface area contributed by atoms with Crippen LogP contribution in [0, 0.1) is 12.7 Å². The number of urea groups is 1. The number of aryl methyl sites for hydroxylation is 1. The van der Waals surface area contributed by atoms with Crippen molar-refractivity contribution in [3.63, 3.8) is 0 Å². The van der Waals surface area contributed by atoms with E-state index in [1.807, 2.05) is 41.5 Å². The Morgan fingerprint density at radius 2 is 1.87 bits per heavy atom. The number of piperazine rings is 1. The first-order valence-electron chi connectivity index (χ1n) is 14.9. The van der Waals surface area contributed by atoms with Gasteiger partial charge in [-0.05, 0) is 37.3 Å². The van der Waals surface area contributed by atoms with Gasteiger partial charge in [0.1, 0.15) is 11.9 Å². The first kappa shape index (κ1) is 30.5. The fourth-order valence-corrected chi connectivity index (χ4v) is 7.22. The third-order valence-electron chi connectivity index (χ3n) is 8.63. The number of alkyl halides is 2. The molecule has 2 fully saturated rings. The van der Waals surface area contributed by atoms with Crippen LogP contribution in [-0.4, -0.2) is 80.1 Å². The molecule has 3 aliphatic heterocycles. The summed E-state index contributed by atoms with van der Waals surface area (Å²) in [6, 6.07) is 12.6. The molecule has 0 bridgehead atoms. The smallest absolute Gasteiger partial charge is 0.326 e. The Balaban J connectivity index is 1.20. The zero-order valence-electron chi connectivity index (χ0n) is 24.8. The number of rotatable bonds is 6. The van der Waals surface area contributed by atoms with Crippen LogP contribution in [0.15, 0.2) is 77.0 Å². The minimum atomic E-state index is -2.81. The highest BCUT2D eigenvalue weighted by molar-refractivity contribution is 7.11. The maximum absolute atomic E-state index is 14.1. The molecular formula is C32H30ClF3N8OS. The molecule has 2 atom stereocenters. The quantitative estimate of drug-likeness (QED) is 0.249. The van der Waals surface area contributed by atoms with Crippen molar-refractivity contribution in [1.29, 1.82) is 0 Å². The summed E-state index contributed by atoms with van der Waals surface area (Å²) in [4.78, 5) is 28.9. The number of fused-ring (bicyclic) bond motifs is 1. The van der Waals surface area contributed by atoms with Gasteiger partial charge in [0.15, 0.2) is 10.8 Å². The second-order valence-electron chi connectivity index (χ2n) is 11.5. The lowest BCUT2D eigenvalue weighted by Gasteiger charge is -2.37. The summed E-state index contributed by atoms with van der Waals surface area (Å²) in [5.41, 5.74) is 4.30. The normalized spacial score (nSPS) is 20.3. The number of carbonyl (C=O) groups excluding carboxylic acids is 1. The molecule has 2 saturated heterocycles. The number of halogens is 4. The Labute approximate surface area is 272 Å². The van der Waals surface area contributed by atoms with E-state index < -0.39 is 18.4 Å². The predicted molar refractivity (Wildman–Crippen MR) is 172 cm³/mol. The van der Waals surface area contributed by atoms with Crippen LogP contribution in [0.3, 0.4) is 0 Å². The van der Waals surface area contributed by atoms with Crippen LogP contribution in [0.4, 0.5) is 23.7 Å². The van der Waals surface area contributed by atoms with Crippen LogP contribution in [0.25, 0.3) is 5.57 Å². The van der Waals surface area contributed by atoms with Crippen LogP contribution in [0.2, 0.25) is 5.02 Å². The third-order valence-corrected chi connectivity index (χ3v) is 9.72. The molecule has 0 aliphatic carbocycles. The summed E-state index contributed by atoms with van der Waals surface area (Å²) in [6.45, 7) is 2.22. The van der Waals surface area contributed by atoms with E-state index in [9.17, 15) is 18.0 Å². The number of carbonyl (C=O) groups is 1. The minimum absolute atomic E-state index is 0.0529. The second-order valence-corrected chi connectivity index (χ2v) is 12.8. The van der Waals surface area contributed by atoms with Gasteiger partial charge in [0.25, 0.3) is 0 Å². The van der Waals surface area contributed by atoms with E-state index in [-0.39, 0.29) is 17.1 Å². The number of nitrogens with one attached hydrogen (secondary N) is 1. The molecule has 2 aromatic heterocycles. The summed E-state index contributed by atoms with van der Waals surface area (Å²) < 4.78 is 42.1. The summed E-state index contributed by atoms with van der Waals surface area (Å²) >= 11 is 8.03. The topological polar surface area (TPSA) is 81.9 Å². The van der Waals surface area contributed by atoms with Crippen LogP contribution in [0.5, 0.6) is 0 Å². The molecule has 0 spiro atoms. The fourth-order valence-electron chi connectivity index (χ4n) is 6.31.